The van der Waals surface area contributed by atoms with Crippen molar-refractivity contribution in [3.05, 3.63) is 41.0 Å². The van der Waals surface area contributed by atoms with E-state index in [2.05, 4.69) is 5.32 Å². The van der Waals surface area contributed by atoms with Crippen molar-refractivity contribution in [1.29, 1.82) is 5.26 Å². The standard InChI is InChI=1S/C15H15F3N2O/c1-2-3-7-20-14(21)12(10-19)8-11-5-4-6-13(9-11)15(16,17)18/h4-6,8-9H,2-3,7H2,1H3,(H,20,21). The van der Waals surface area contributed by atoms with E-state index in [1.54, 1.807) is 6.07 Å². The van der Waals surface area contributed by atoms with Gasteiger partial charge in [-0.05, 0) is 30.2 Å². The van der Waals surface area contributed by atoms with Crippen LogP contribution in [0.5, 0.6) is 0 Å². The van der Waals surface area contributed by atoms with Gasteiger partial charge in [0.1, 0.15) is 11.6 Å². The Morgan fingerprint density at radius 3 is 2.71 bits per heavy atom. The zero-order chi connectivity index (χ0) is 15.9. The second-order valence-corrected chi connectivity index (χ2v) is 4.40. The normalized spacial score (nSPS) is 11.9. The average Bonchev–Trinajstić information content (AvgIpc) is 2.44. The summed E-state index contributed by atoms with van der Waals surface area (Å²) in [5, 5.41) is 11.5. The van der Waals surface area contributed by atoms with Crippen molar-refractivity contribution in [2.75, 3.05) is 6.54 Å². The van der Waals surface area contributed by atoms with Gasteiger partial charge in [0.25, 0.3) is 5.91 Å². The summed E-state index contributed by atoms with van der Waals surface area (Å²) in [6, 6.07) is 6.18. The van der Waals surface area contributed by atoms with Crippen LogP contribution in [0.25, 0.3) is 6.08 Å². The first-order valence-electron chi connectivity index (χ1n) is 6.45. The van der Waals surface area contributed by atoms with Crippen LogP contribution < -0.4 is 5.32 Å². The van der Waals surface area contributed by atoms with Crippen LogP contribution in [-0.2, 0) is 11.0 Å². The van der Waals surface area contributed by atoms with Crippen LogP contribution in [0.1, 0.15) is 30.9 Å². The fourth-order valence-corrected chi connectivity index (χ4v) is 1.59. The van der Waals surface area contributed by atoms with Gasteiger partial charge in [0.05, 0.1) is 5.56 Å². The van der Waals surface area contributed by atoms with Crippen molar-refractivity contribution >= 4 is 12.0 Å². The van der Waals surface area contributed by atoms with Crippen LogP contribution in [0.2, 0.25) is 0 Å². The number of nitrogens with zero attached hydrogens (tertiary/aromatic N) is 1. The van der Waals surface area contributed by atoms with E-state index < -0.39 is 17.6 Å². The summed E-state index contributed by atoms with van der Waals surface area (Å²) in [6.07, 6.45) is -1.65. The zero-order valence-electron chi connectivity index (χ0n) is 11.5. The molecule has 1 aromatic rings. The highest BCUT2D eigenvalue weighted by atomic mass is 19.4. The van der Waals surface area contributed by atoms with E-state index in [1.807, 2.05) is 6.92 Å². The van der Waals surface area contributed by atoms with Gasteiger partial charge in [-0.25, -0.2) is 0 Å². The number of carbonyl (C=O) groups excluding carboxylic acids is 1. The van der Waals surface area contributed by atoms with Gasteiger partial charge in [-0.1, -0.05) is 25.5 Å². The number of nitrogens with one attached hydrogen (secondary N) is 1. The van der Waals surface area contributed by atoms with Gasteiger partial charge in [-0.2, -0.15) is 18.4 Å². The number of hydrogen-bond donors (Lipinski definition) is 1. The molecule has 0 aromatic heterocycles. The summed E-state index contributed by atoms with van der Waals surface area (Å²) in [6.45, 7) is 2.38. The first-order chi connectivity index (χ1) is 9.88. The fraction of sp³-hybridized carbons (Fsp3) is 0.333. The van der Waals surface area contributed by atoms with Crippen molar-refractivity contribution in [1.82, 2.24) is 5.32 Å². The summed E-state index contributed by atoms with van der Waals surface area (Å²) in [5.41, 5.74) is -0.877. The molecule has 0 saturated carbocycles. The van der Waals surface area contributed by atoms with Crippen molar-refractivity contribution in [3.63, 3.8) is 0 Å². The minimum Gasteiger partial charge on any atom is -0.351 e. The third-order valence-electron chi connectivity index (χ3n) is 2.71. The maximum absolute atomic E-state index is 12.6. The molecule has 0 atom stereocenters. The van der Waals surface area contributed by atoms with Gasteiger partial charge >= 0.3 is 6.18 Å². The molecular formula is C15H15F3N2O. The number of benzene rings is 1. The number of halogens is 3. The molecule has 1 amide bonds. The Morgan fingerprint density at radius 1 is 1.43 bits per heavy atom. The van der Waals surface area contributed by atoms with Crippen LogP contribution in [0.3, 0.4) is 0 Å². The van der Waals surface area contributed by atoms with Gasteiger partial charge in [0.15, 0.2) is 0 Å². The minimum absolute atomic E-state index is 0.159. The quantitative estimate of drug-likeness (QED) is 0.513. The summed E-state index contributed by atoms with van der Waals surface area (Å²) >= 11 is 0. The molecule has 0 heterocycles. The molecule has 0 aliphatic carbocycles. The predicted octanol–water partition coefficient (Wildman–Crippen LogP) is 3.53. The number of unbranched alkanes of at least 4 members (excludes halogenated alkanes) is 1. The van der Waals surface area contributed by atoms with E-state index in [0.717, 1.165) is 31.1 Å². The molecule has 1 aromatic carbocycles. The predicted molar refractivity (Wildman–Crippen MR) is 73.0 cm³/mol. The number of amides is 1. The molecular weight excluding hydrogens is 281 g/mol. The highest BCUT2D eigenvalue weighted by molar-refractivity contribution is 6.01. The molecule has 112 valence electrons. The maximum Gasteiger partial charge on any atom is 0.416 e. The summed E-state index contributed by atoms with van der Waals surface area (Å²) in [5.74, 6) is -0.580. The molecule has 0 radical (unpaired) electrons. The Hall–Kier alpha value is -2.29. The number of alkyl halides is 3. The van der Waals surface area contributed by atoms with Gasteiger partial charge in [0.2, 0.25) is 0 Å². The molecule has 1 rings (SSSR count). The molecule has 21 heavy (non-hydrogen) atoms. The molecule has 6 heteroatoms. The van der Waals surface area contributed by atoms with E-state index in [9.17, 15) is 18.0 Å². The SMILES string of the molecule is CCCCNC(=O)C(C#N)=Cc1cccc(C(F)(F)F)c1. The van der Waals surface area contributed by atoms with Gasteiger partial charge < -0.3 is 5.32 Å². The molecule has 1 N–H and O–H groups in total. The summed E-state index contributed by atoms with van der Waals surface area (Å²) in [7, 11) is 0. The topological polar surface area (TPSA) is 52.9 Å². The van der Waals surface area contributed by atoms with Gasteiger partial charge in [0, 0.05) is 6.54 Å². The summed E-state index contributed by atoms with van der Waals surface area (Å²) < 4.78 is 37.8. The number of nitriles is 1. The average molecular weight is 296 g/mol. The Kier molecular flexibility index (Phi) is 5.97. The van der Waals surface area contributed by atoms with Crippen LogP contribution in [-0.4, -0.2) is 12.5 Å². The van der Waals surface area contributed by atoms with E-state index in [0.29, 0.717) is 6.54 Å². The first kappa shape index (κ1) is 16.8. The number of carbonyl (C=O) groups is 1. The van der Waals surface area contributed by atoms with Crippen molar-refractivity contribution in [2.24, 2.45) is 0 Å². The maximum atomic E-state index is 12.6. The van der Waals surface area contributed by atoms with Gasteiger partial charge in [-0.3, -0.25) is 4.79 Å². The van der Waals surface area contributed by atoms with Crippen LogP contribution in [0.15, 0.2) is 29.8 Å². The van der Waals surface area contributed by atoms with E-state index in [4.69, 9.17) is 5.26 Å². The lowest BCUT2D eigenvalue weighted by Gasteiger charge is -2.07. The largest absolute Gasteiger partial charge is 0.416 e. The zero-order valence-corrected chi connectivity index (χ0v) is 11.5. The summed E-state index contributed by atoms with van der Waals surface area (Å²) in [4.78, 5) is 11.7. The van der Waals surface area contributed by atoms with Gasteiger partial charge in [-0.15, -0.1) is 0 Å². The Labute approximate surface area is 121 Å². The minimum atomic E-state index is -4.46. The second kappa shape index (κ2) is 7.48. The Morgan fingerprint density at radius 2 is 2.14 bits per heavy atom. The molecule has 0 bridgehead atoms. The lowest BCUT2D eigenvalue weighted by molar-refractivity contribution is -0.137. The van der Waals surface area contributed by atoms with Crippen LogP contribution in [0.4, 0.5) is 13.2 Å². The van der Waals surface area contributed by atoms with Crippen molar-refractivity contribution < 1.29 is 18.0 Å². The third-order valence-corrected chi connectivity index (χ3v) is 2.71. The first-order valence-corrected chi connectivity index (χ1v) is 6.45. The molecule has 0 fully saturated rings. The van der Waals surface area contributed by atoms with Crippen molar-refractivity contribution in [2.45, 2.75) is 25.9 Å². The number of rotatable bonds is 5. The second-order valence-electron chi connectivity index (χ2n) is 4.40. The van der Waals surface area contributed by atoms with Crippen LogP contribution in [0, 0.1) is 11.3 Å². The lowest BCUT2D eigenvalue weighted by Crippen LogP contribution is -2.25. The Balaban J connectivity index is 2.93. The molecule has 0 aliphatic rings. The van der Waals surface area contributed by atoms with E-state index in [-0.39, 0.29) is 11.1 Å². The molecule has 0 unspecified atom stereocenters. The highest BCUT2D eigenvalue weighted by Crippen LogP contribution is 2.29. The molecule has 0 saturated heterocycles. The van der Waals surface area contributed by atoms with Crippen LogP contribution >= 0.6 is 0 Å². The molecule has 0 spiro atoms. The number of hydrogen-bond acceptors (Lipinski definition) is 2. The molecule has 3 nitrogen and oxygen atoms in total. The monoisotopic (exact) mass is 296 g/mol. The Bertz CT molecular complexity index is 571. The van der Waals surface area contributed by atoms with E-state index in [1.165, 1.54) is 12.1 Å². The molecule has 0 aliphatic heterocycles. The smallest absolute Gasteiger partial charge is 0.351 e. The highest BCUT2D eigenvalue weighted by Gasteiger charge is 2.30. The van der Waals surface area contributed by atoms with Crippen molar-refractivity contribution in [3.8, 4) is 6.07 Å². The lowest BCUT2D eigenvalue weighted by atomic mass is 10.1. The third kappa shape index (κ3) is 5.30. The van der Waals surface area contributed by atoms with E-state index >= 15 is 0 Å². The fourth-order valence-electron chi connectivity index (χ4n) is 1.59.